The first kappa shape index (κ1) is 24.0. The zero-order valence-electron chi connectivity index (χ0n) is 20.9. The number of aromatic nitrogens is 1. The second-order valence-corrected chi connectivity index (χ2v) is 8.64. The quantitative estimate of drug-likeness (QED) is 0.217. The number of para-hydroxylation sites is 1. The molecule has 2 heterocycles. The number of ketones is 1. The first-order valence-corrected chi connectivity index (χ1v) is 11.6. The third-order valence-corrected chi connectivity index (χ3v) is 6.67. The molecular formula is C29H26N2O6. The van der Waals surface area contributed by atoms with Crippen LogP contribution >= 0.6 is 0 Å². The number of methoxy groups -OCH3 is 3. The molecule has 1 saturated heterocycles. The van der Waals surface area contributed by atoms with Gasteiger partial charge in [-0.05, 0) is 55.5 Å². The van der Waals surface area contributed by atoms with Crippen LogP contribution in [0.4, 0.5) is 5.69 Å². The molecule has 0 spiro atoms. The van der Waals surface area contributed by atoms with Gasteiger partial charge in [-0.25, -0.2) is 0 Å². The predicted octanol–water partition coefficient (Wildman–Crippen LogP) is 5.13. The summed E-state index contributed by atoms with van der Waals surface area (Å²) in [6, 6.07) is 18.5. The van der Waals surface area contributed by atoms with E-state index in [1.807, 2.05) is 31.2 Å². The number of aromatic amines is 1. The van der Waals surface area contributed by atoms with Crippen molar-refractivity contribution < 1.29 is 28.9 Å². The van der Waals surface area contributed by atoms with E-state index in [9.17, 15) is 14.7 Å². The highest BCUT2D eigenvalue weighted by Crippen LogP contribution is 2.46. The summed E-state index contributed by atoms with van der Waals surface area (Å²) in [5.74, 6) is -0.480. The van der Waals surface area contributed by atoms with Gasteiger partial charge >= 0.3 is 0 Å². The number of hydrogen-bond acceptors (Lipinski definition) is 6. The molecule has 0 saturated carbocycles. The maximum absolute atomic E-state index is 13.6. The number of aryl methyl sites for hydroxylation is 1. The Morgan fingerprint density at radius 1 is 0.892 bits per heavy atom. The Labute approximate surface area is 213 Å². The van der Waals surface area contributed by atoms with E-state index in [-0.39, 0.29) is 16.9 Å². The van der Waals surface area contributed by atoms with E-state index in [0.717, 1.165) is 16.6 Å². The lowest BCUT2D eigenvalue weighted by Crippen LogP contribution is -2.29. The number of aliphatic hydroxyl groups excluding tert-OH is 1. The standard InChI is InChI=1S/C29H26N2O6/c1-16-24(20-7-5-6-8-22(20)30-16)26-25(27(32)21-15-19(36-3)13-14-23(21)37-4)28(33)29(34)31(26)17-9-11-18(35-2)12-10-17/h5-15,26,30,32H,1-4H3/b27-25+. The summed E-state index contributed by atoms with van der Waals surface area (Å²) in [6.45, 7) is 1.88. The normalized spacial score (nSPS) is 16.9. The zero-order valence-corrected chi connectivity index (χ0v) is 20.9. The Balaban J connectivity index is 1.82. The first-order valence-electron chi connectivity index (χ1n) is 11.6. The Morgan fingerprint density at radius 3 is 2.24 bits per heavy atom. The molecule has 0 radical (unpaired) electrons. The van der Waals surface area contributed by atoms with Crippen LogP contribution in [0, 0.1) is 6.92 Å². The number of anilines is 1. The highest BCUT2D eigenvalue weighted by Gasteiger charge is 2.48. The van der Waals surface area contributed by atoms with Gasteiger partial charge in [0.25, 0.3) is 11.7 Å². The number of hydrogen-bond donors (Lipinski definition) is 2. The number of benzene rings is 3. The number of fused-ring (bicyclic) bond motifs is 1. The maximum Gasteiger partial charge on any atom is 0.300 e. The number of rotatable bonds is 6. The number of nitrogens with zero attached hydrogens (tertiary/aromatic N) is 1. The summed E-state index contributed by atoms with van der Waals surface area (Å²) >= 11 is 0. The smallest absolute Gasteiger partial charge is 0.300 e. The minimum absolute atomic E-state index is 0.0415. The second-order valence-electron chi connectivity index (χ2n) is 8.64. The van der Waals surface area contributed by atoms with Gasteiger partial charge in [0.1, 0.15) is 23.0 Å². The third-order valence-electron chi connectivity index (χ3n) is 6.67. The van der Waals surface area contributed by atoms with Gasteiger partial charge in [0.15, 0.2) is 0 Å². The summed E-state index contributed by atoms with van der Waals surface area (Å²) in [6.07, 6.45) is 0. The van der Waals surface area contributed by atoms with Crippen LogP contribution in [0.5, 0.6) is 17.2 Å². The average Bonchev–Trinajstić information content (AvgIpc) is 3.39. The van der Waals surface area contributed by atoms with Crippen molar-refractivity contribution in [2.24, 2.45) is 0 Å². The summed E-state index contributed by atoms with van der Waals surface area (Å²) in [4.78, 5) is 32.0. The van der Waals surface area contributed by atoms with Gasteiger partial charge in [-0.1, -0.05) is 18.2 Å². The topological polar surface area (TPSA) is 101 Å². The van der Waals surface area contributed by atoms with Crippen LogP contribution in [-0.4, -0.2) is 43.1 Å². The molecule has 1 fully saturated rings. The van der Waals surface area contributed by atoms with Gasteiger partial charge in [0.05, 0.1) is 38.5 Å². The van der Waals surface area contributed by atoms with Crippen LogP contribution in [0.15, 0.2) is 72.3 Å². The molecule has 37 heavy (non-hydrogen) atoms. The highest BCUT2D eigenvalue weighted by molar-refractivity contribution is 6.52. The lowest BCUT2D eigenvalue weighted by atomic mass is 9.93. The van der Waals surface area contributed by atoms with Crippen LogP contribution in [0.1, 0.15) is 22.9 Å². The minimum Gasteiger partial charge on any atom is -0.507 e. The Morgan fingerprint density at radius 2 is 1.57 bits per heavy atom. The molecule has 4 aromatic rings. The first-order chi connectivity index (χ1) is 17.9. The lowest BCUT2D eigenvalue weighted by Gasteiger charge is -2.26. The van der Waals surface area contributed by atoms with Crippen molar-refractivity contribution in [1.29, 1.82) is 0 Å². The molecule has 8 heteroatoms. The zero-order chi connectivity index (χ0) is 26.3. The molecule has 1 atom stereocenters. The third kappa shape index (κ3) is 3.87. The van der Waals surface area contributed by atoms with Crippen molar-refractivity contribution in [2.45, 2.75) is 13.0 Å². The number of carbonyl (C=O) groups excluding carboxylic acids is 2. The number of carbonyl (C=O) groups is 2. The van der Waals surface area contributed by atoms with E-state index in [2.05, 4.69) is 4.98 Å². The molecule has 1 amide bonds. The fourth-order valence-corrected chi connectivity index (χ4v) is 4.91. The minimum atomic E-state index is -0.902. The molecule has 1 aliphatic rings. The molecule has 3 aromatic carbocycles. The van der Waals surface area contributed by atoms with Crippen molar-refractivity contribution in [3.63, 3.8) is 0 Å². The van der Waals surface area contributed by atoms with Crippen LogP contribution in [0.25, 0.3) is 16.7 Å². The number of nitrogens with one attached hydrogen (secondary N) is 1. The fraction of sp³-hybridized carbons (Fsp3) is 0.172. The number of aliphatic hydroxyl groups is 1. The van der Waals surface area contributed by atoms with Crippen molar-refractivity contribution >= 4 is 34.0 Å². The largest absolute Gasteiger partial charge is 0.507 e. The average molecular weight is 499 g/mol. The molecule has 0 bridgehead atoms. The molecule has 5 rings (SSSR count). The molecule has 1 unspecified atom stereocenters. The lowest BCUT2D eigenvalue weighted by molar-refractivity contribution is -0.132. The van der Waals surface area contributed by atoms with Gasteiger partial charge in [0, 0.05) is 27.8 Å². The number of amides is 1. The van der Waals surface area contributed by atoms with Crippen LogP contribution in [0.3, 0.4) is 0 Å². The molecule has 1 aromatic heterocycles. The van der Waals surface area contributed by atoms with Gasteiger partial charge < -0.3 is 24.3 Å². The molecular weight excluding hydrogens is 472 g/mol. The molecule has 188 valence electrons. The van der Waals surface area contributed by atoms with Gasteiger partial charge in [-0.2, -0.15) is 0 Å². The Hall–Kier alpha value is -4.72. The molecule has 1 aliphatic heterocycles. The summed E-state index contributed by atoms with van der Waals surface area (Å²) in [5.41, 5.74) is 3.05. The number of H-pyrrole nitrogens is 1. The van der Waals surface area contributed by atoms with Crippen LogP contribution in [0.2, 0.25) is 0 Å². The van der Waals surface area contributed by atoms with Crippen molar-refractivity contribution in [3.8, 4) is 17.2 Å². The van der Waals surface area contributed by atoms with Gasteiger partial charge in [-0.15, -0.1) is 0 Å². The molecule has 2 N–H and O–H groups in total. The monoisotopic (exact) mass is 498 g/mol. The number of ether oxygens (including phenoxy) is 3. The Kier molecular flexibility index (Phi) is 6.09. The van der Waals surface area contributed by atoms with Gasteiger partial charge in [0.2, 0.25) is 0 Å². The van der Waals surface area contributed by atoms with Crippen molar-refractivity contribution in [1.82, 2.24) is 4.98 Å². The summed E-state index contributed by atoms with van der Waals surface area (Å²) in [7, 11) is 4.53. The molecule has 8 nitrogen and oxygen atoms in total. The fourth-order valence-electron chi connectivity index (χ4n) is 4.91. The van der Waals surface area contributed by atoms with E-state index in [1.165, 1.54) is 19.1 Å². The Bertz CT molecular complexity index is 1550. The maximum atomic E-state index is 13.6. The predicted molar refractivity (Wildman–Crippen MR) is 140 cm³/mol. The highest BCUT2D eigenvalue weighted by atomic mass is 16.5. The van der Waals surface area contributed by atoms with Gasteiger partial charge in [-0.3, -0.25) is 14.5 Å². The van der Waals surface area contributed by atoms with Crippen LogP contribution in [-0.2, 0) is 9.59 Å². The number of Topliss-reactive ketones (excluding diaryl/α,β-unsaturated/α-hetero) is 1. The molecule has 0 aliphatic carbocycles. The second kappa shape index (κ2) is 9.39. The SMILES string of the molecule is COc1ccc(N2C(=O)C(=O)/C(=C(/O)c3cc(OC)ccc3OC)C2c2c(C)[nH]c3ccccc23)cc1. The van der Waals surface area contributed by atoms with E-state index in [1.54, 1.807) is 49.6 Å². The van der Waals surface area contributed by atoms with Crippen molar-refractivity contribution in [3.05, 3.63) is 89.1 Å². The van der Waals surface area contributed by atoms with E-state index < -0.39 is 17.7 Å². The van der Waals surface area contributed by atoms with E-state index >= 15 is 0 Å². The van der Waals surface area contributed by atoms with E-state index in [0.29, 0.717) is 28.5 Å². The van der Waals surface area contributed by atoms with E-state index in [4.69, 9.17) is 14.2 Å². The summed E-state index contributed by atoms with van der Waals surface area (Å²) < 4.78 is 16.1. The summed E-state index contributed by atoms with van der Waals surface area (Å²) in [5, 5.41) is 12.5. The van der Waals surface area contributed by atoms with Crippen LogP contribution < -0.4 is 19.1 Å². The van der Waals surface area contributed by atoms with Crippen molar-refractivity contribution in [2.75, 3.05) is 26.2 Å².